The van der Waals surface area contributed by atoms with E-state index in [9.17, 15) is 23.3 Å². The van der Waals surface area contributed by atoms with Gasteiger partial charge in [-0.05, 0) is 18.1 Å². The van der Waals surface area contributed by atoms with Crippen molar-refractivity contribution in [3.63, 3.8) is 0 Å². The SMILES string of the molecule is O=[N+]([O-])c1cc(CO)ccc1OCCCC(F)(F)F. The zero-order valence-electron chi connectivity index (χ0n) is 9.81. The Morgan fingerprint density at radius 3 is 2.58 bits per heavy atom. The van der Waals surface area contributed by atoms with Crippen molar-refractivity contribution in [3.8, 4) is 5.75 Å². The van der Waals surface area contributed by atoms with Gasteiger partial charge in [0.15, 0.2) is 5.75 Å². The number of aliphatic hydroxyl groups is 1. The third-order valence-electron chi connectivity index (χ3n) is 2.26. The van der Waals surface area contributed by atoms with E-state index in [1.807, 2.05) is 0 Å². The molecule has 0 radical (unpaired) electrons. The first kappa shape index (κ1) is 15.2. The third kappa shape index (κ3) is 5.12. The summed E-state index contributed by atoms with van der Waals surface area (Å²) >= 11 is 0. The molecule has 0 aliphatic rings. The van der Waals surface area contributed by atoms with E-state index >= 15 is 0 Å². The number of aliphatic hydroxyl groups excluding tert-OH is 1. The summed E-state index contributed by atoms with van der Waals surface area (Å²) in [6.45, 7) is -0.631. The van der Waals surface area contributed by atoms with E-state index in [0.717, 1.165) is 6.07 Å². The zero-order chi connectivity index (χ0) is 14.5. The van der Waals surface area contributed by atoms with Crippen molar-refractivity contribution in [2.45, 2.75) is 25.6 Å². The van der Waals surface area contributed by atoms with Crippen molar-refractivity contribution in [1.29, 1.82) is 0 Å². The Hall–Kier alpha value is -1.83. The van der Waals surface area contributed by atoms with E-state index in [-0.39, 0.29) is 31.1 Å². The zero-order valence-corrected chi connectivity index (χ0v) is 9.81. The van der Waals surface area contributed by atoms with Gasteiger partial charge in [0.25, 0.3) is 0 Å². The maximum Gasteiger partial charge on any atom is 0.389 e. The van der Waals surface area contributed by atoms with Gasteiger partial charge in [-0.15, -0.1) is 0 Å². The lowest BCUT2D eigenvalue weighted by Crippen LogP contribution is -2.10. The second-order valence-corrected chi connectivity index (χ2v) is 3.78. The summed E-state index contributed by atoms with van der Waals surface area (Å²) in [6, 6.07) is 3.79. The number of benzene rings is 1. The number of rotatable bonds is 6. The molecular formula is C11H12F3NO4. The monoisotopic (exact) mass is 279 g/mol. The molecule has 0 bridgehead atoms. The highest BCUT2D eigenvalue weighted by Gasteiger charge is 2.26. The summed E-state index contributed by atoms with van der Waals surface area (Å²) in [7, 11) is 0. The molecule has 19 heavy (non-hydrogen) atoms. The van der Waals surface area contributed by atoms with Crippen molar-refractivity contribution >= 4 is 5.69 Å². The van der Waals surface area contributed by atoms with Crippen LogP contribution in [0.15, 0.2) is 18.2 Å². The average Bonchev–Trinajstić information content (AvgIpc) is 2.33. The number of nitro groups is 1. The maximum absolute atomic E-state index is 11.9. The lowest BCUT2D eigenvalue weighted by Gasteiger charge is -2.09. The van der Waals surface area contributed by atoms with E-state index in [0.29, 0.717) is 5.56 Å². The summed E-state index contributed by atoms with van der Waals surface area (Å²) in [5.41, 5.74) is -0.0482. The molecular weight excluding hydrogens is 267 g/mol. The standard InChI is InChI=1S/C11H12F3NO4/c12-11(13,14)4-1-5-19-10-3-2-8(7-16)6-9(10)15(17)18/h2-3,6,16H,1,4-5,7H2. The van der Waals surface area contributed by atoms with Crippen molar-refractivity contribution in [1.82, 2.24) is 0 Å². The molecule has 0 saturated heterocycles. The summed E-state index contributed by atoms with van der Waals surface area (Å²) in [5.74, 6) is -0.107. The first-order chi connectivity index (χ1) is 8.83. The van der Waals surface area contributed by atoms with Gasteiger partial charge in [0.05, 0.1) is 18.1 Å². The van der Waals surface area contributed by atoms with Gasteiger partial charge in [-0.25, -0.2) is 0 Å². The van der Waals surface area contributed by atoms with E-state index in [2.05, 4.69) is 0 Å². The fourth-order valence-electron chi connectivity index (χ4n) is 1.38. The number of ether oxygens (including phenoxy) is 1. The smallest absolute Gasteiger partial charge is 0.389 e. The van der Waals surface area contributed by atoms with E-state index in [4.69, 9.17) is 9.84 Å². The third-order valence-corrected chi connectivity index (χ3v) is 2.26. The van der Waals surface area contributed by atoms with Crippen molar-refractivity contribution < 1.29 is 27.9 Å². The Kier molecular flexibility index (Phi) is 5.11. The predicted octanol–water partition coefficient (Wildman–Crippen LogP) is 2.81. The fourth-order valence-corrected chi connectivity index (χ4v) is 1.38. The second kappa shape index (κ2) is 6.37. The van der Waals surface area contributed by atoms with Crippen LogP contribution in [0.1, 0.15) is 18.4 Å². The first-order valence-corrected chi connectivity index (χ1v) is 5.41. The van der Waals surface area contributed by atoms with Gasteiger partial charge in [-0.1, -0.05) is 6.07 Å². The van der Waals surface area contributed by atoms with Crippen molar-refractivity contribution in [2.75, 3.05) is 6.61 Å². The molecule has 1 aromatic rings. The minimum absolute atomic E-state index is 0.107. The molecule has 0 amide bonds. The minimum Gasteiger partial charge on any atom is -0.487 e. The van der Waals surface area contributed by atoms with Gasteiger partial charge in [-0.2, -0.15) is 13.2 Å². The highest BCUT2D eigenvalue weighted by atomic mass is 19.4. The minimum atomic E-state index is -4.27. The van der Waals surface area contributed by atoms with Crippen LogP contribution in [0.25, 0.3) is 0 Å². The van der Waals surface area contributed by atoms with Crippen LogP contribution in [-0.4, -0.2) is 22.8 Å². The Morgan fingerprint density at radius 1 is 1.37 bits per heavy atom. The molecule has 0 heterocycles. The molecule has 1 rings (SSSR count). The molecule has 8 heteroatoms. The topological polar surface area (TPSA) is 72.6 Å². The molecule has 0 fully saturated rings. The maximum atomic E-state index is 11.9. The molecule has 106 valence electrons. The Labute approximate surface area is 106 Å². The van der Waals surface area contributed by atoms with Crippen LogP contribution in [0.4, 0.5) is 18.9 Å². The number of halogens is 3. The summed E-state index contributed by atoms with van der Waals surface area (Å²) < 4.78 is 40.7. The van der Waals surface area contributed by atoms with Gasteiger partial charge in [0.1, 0.15) is 0 Å². The highest BCUT2D eigenvalue weighted by molar-refractivity contribution is 5.48. The van der Waals surface area contributed by atoms with Crippen LogP contribution in [0.2, 0.25) is 0 Å². The lowest BCUT2D eigenvalue weighted by molar-refractivity contribution is -0.386. The van der Waals surface area contributed by atoms with E-state index in [1.165, 1.54) is 12.1 Å². The van der Waals surface area contributed by atoms with Gasteiger partial charge < -0.3 is 9.84 Å². The Morgan fingerprint density at radius 2 is 2.05 bits per heavy atom. The number of nitrogens with zero attached hydrogens (tertiary/aromatic N) is 1. The number of hydrogen-bond donors (Lipinski definition) is 1. The summed E-state index contributed by atoms with van der Waals surface area (Å²) in [5, 5.41) is 19.6. The van der Waals surface area contributed by atoms with Crippen LogP contribution in [0.3, 0.4) is 0 Å². The summed E-state index contributed by atoms with van der Waals surface area (Å²) in [4.78, 5) is 10.0. The molecule has 1 N–H and O–H groups in total. The quantitative estimate of drug-likeness (QED) is 0.493. The van der Waals surface area contributed by atoms with E-state index < -0.39 is 17.5 Å². The van der Waals surface area contributed by atoms with Crippen LogP contribution < -0.4 is 4.74 Å². The highest BCUT2D eigenvalue weighted by Crippen LogP contribution is 2.28. The average molecular weight is 279 g/mol. The fraction of sp³-hybridized carbons (Fsp3) is 0.455. The normalized spacial score (nSPS) is 11.4. The molecule has 0 unspecified atom stereocenters. The van der Waals surface area contributed by atoms with Gasteiger partial charge in [0.2, 0.25) is 0 Å². The molecule has 0 atom stereocenters. The largest absolute Gasteiger partial charge is 0.487 e. The van der Waals surface area contributed by atoms with Crippen LogP contribution in [0, 0.1) is 10.1 Å². The summed E-state index contributed by atoms with van der Waals surface area (Å²) in [6.07, 6.45) is -5.55. The van der Waals surface area contributed by atoms with Gasteiger partial charge in [0, 0.05) is 12.5 Å². The number of nitro benzene ring substituents is 1. The predicted molar refractivity (Wildman–Crippen MR) is 59.8 cm³/mol. The second-order valence-electron chi connectivity index (χ2n) is 3.78. The van der Waals surface area contributed by atoms with Crippen LogP contribution in [0.5, 0.6) is 5.75 Å². The van der Waals surface area contributed by atoms with Gasteiger partial charge >= 0.3 is 11.9 Å². The van der Waals surface area contributed by atoms with Gasteiger partial charge in [-0.3, -0.25) is 10.1 Å². The molecule has 5 nitrogen and oxygen atoms in total. The first-order valence-electron chi connectivity index (χ1n) is 5.41. The lowest BCUT2D eigenvalue weighted by atomic mass is 10.2. The van der Waals surface area contributed by atoms with Crippen molar-refractivity contribution in [3.05, 3.63) is 33.9 Å². The number of alkyl halides is 3. The molecule has 1 aromatic carbocycles. The molecule has 0 spiro atoms. The molecule has 0 aliphatic heterocycles. The Bertz CT molecular complexity index is 448. The number of hydrogen-bond acceptors (Lipinski definition) is 4. The molecule has 0 aliphatic carbocycles. The Balaban J connectivity index is 2.65. The van der Waals surface area contributed by atoms with Crippen LogP contribution in [-0.2, 0) is 6.61 Å². The van der Waals surface area contributed by atoms with Crippen LogP contribution >= 0.6 is 0 Å². The van der Waals surface area contributed by atoms with Crippen molar-refractivity contribution in [2.24, 2.45) is 0 Å². The molecule has 0 aromatic heterocycles. The molecule has 0 saturated carbocycles. The van der Waals surface area contributed by atoms with E-state index in [1.54, 1.807) is 0 Å².